The van der Waals surface area contributed by atoms with E-state index in [4.69, 9.17) is 18.9 Å². The van der Waals surface area contributed by atoms with E-state index < -0.39 is 23.9 Å². The average molecular weight is 736 g/mol. The number of benzene rings is 5. The zero-order valence-electron chi connectivity index (χ0n) is 30.7. The highest BCUT2D eigenvalue weighted by Crippen LogP contribution is 2.35. The summed E-state index contributed by atoms with van der Waals surface area (Å²) in [5, 5.41) is 0. The molecule has 0 bridgehead atoms. The van der Waals surface area contributed by atoms with E-state index in [1.54, 1.807) is 38.1 Å². The van der Waals surface area contributed by atoms with Gasteiger partial charge in [0.2, 0.25) is 0 Å². The predicted molar refractivity (Wildman–Crippen MR) is 213 cm³/mol. The van der Waals surface area contributed by atoms with Crippen LogP contribution >= 0.6 is 0 Å². The first-order chi connectivity index (χ1) is 26.7. The van der Waals surface area contributed by atoms with E-state index in [1.165, 1.54) is 0 Å². The molecule has 9 nitrogen and oxygen atoms in total. The van der Waals surface area contributed by atoms with Crippen molar-refractivity contribution in [2.24, 2.45) is 0 Å². The molecule has 278 valence electrons. The third kappa shape index (κ3) is 10.5. The van der Waals surface area contributed by atoms with Gasteiger partial charge in [0.05, 0.1) is 35.5 Å². The highest BCUT2D eigenvalue weighted by molar-refractivity contribution is 5.95. The van der Waals surface area contributed by atoms with Crippen molar-refractivity contribution in [3.05, 3.63) is 186 Å². The van der Waals surface area contributed by atoms with Crippen LogP contribution in [-0.2, 0) is 28.5 Å². The van der Waals surface area contributed by atoms with Crippen LogP contribution in [0.25, 0.3) is 11.6 Å². The number of para-hydroxylation sites is 1. The van der Waals surface area contributed by atoms with E-state index in [0.717, 1.165) is 39.3 Å². The Morgan fingerprint density at radius 3 is 1.35 bits per heavy atom. The van der Waals surface area contributed by atoms with E-state index in [-0.39, 0.29) is 37.6 Å². The van der Waals surface area contributed by atoms with Gasteiger partial charge in [-0.25, -0.2) is 19.2 Å². The number of rotatable bonds is 16. The second-order valence-electron chi connectivity index (χ2n) is 12.1. The number of hydrogen-bond acceptors (Lipinski definition) is 9. The fourth-order valence-corrected chi connectivity index (χ4v) is 5.45. The smallest absolute Gasteiger partial charge is 0.338 e. The minimum Gasteiger partial charge on any atom is -0.463 e. The van der Waals surface area contributed by atoms with Crippen LogP contribution in [0.2, 0.25) is 0 Å². The number of anilines is 3. The molecule has 0 atom stereocenters. The van der Waals surface area contributed by atoms with Gasteiger partial charge in [0.25, 0.3) is 0 Å². The van der Waals surface area contributed by atoms with Crippen molar-refractivity contribution >= 4 is 52.6 Å². The van der Waals surface area contributed by atoms with Gasteiger partial charge < -0.3 is 23.8 Å². The Morgan fingerprint density at radius 2 is 0.873 bits per heavy atom. The van der Waals surface area contributed by atoms with Gasteiger partial charge in [0, 0.05) is 17.1 Å². The summed E-state index contributed by atoms with van der Waals surface area (Å²) in [6.07, 6.45) is 2.08. The van der Waals surface area contributed by atoms with Crippen molar-refractivity contribution in [1.82, 2.24) is 0 Å². The molecular weight excluding hydrogens is 695 g/mol. The summed E-state index contributed by atoms with van der Waals surface area (Å²) >= 11 is 0. The van der Waals surface area contributed by atoms with Crippen LogP contribution in [0.4, 0.5) is 17.1 Å². The topological polar surface area (TPSA) is 108 Å². The van der Waals surface area contributed by atoms with Crippen molar-refractivity contribution in [1.29, 1.82) is 0 Å². The van der Waals surface area contributed by atoms with Crippen molar-refractivity contribution in [3.8, 4) is 0 Å². The first-order valence-electron chi connectivity index (χ1n) is 17.6. The standard InChI is InChI=1S/C46H41NO8/c1-5-52-43(48)32(3)30-54-45(50)37-21-19-36(20-22-37)42(35-13-9-7-10-14-35)29-34-17-25-40(26-18-34)47(39-15-11-8-12-16-39)41-27-23-38(24-28-41)46(51)55-31-33(4)44(49)53-6-2/h7-29H,3-6,30-31H2,1-2H3/b42-29+. The Hall–Kier alpha value is -7.00. The molecule has 9 heteroatoms. The van der Waals surface area contributed by atoms with E-state index >= 15 is 0 Å². The second kappa shape index (κ2) is 19.2. The van der Waals surface area contributed by atoms with Crippen LogP contribution in [-0.4, -0.2) is 50.3 Å². The molecule has 0 unspecified atom stereocenters. The summed E-state index contributed by atoms with van der Waals surface area (Å²) in [4.78, 5) is 51.2. The van der Waals surface area contributed by atoms with Gasteiger partial charge in [-0.2, -0.15) is 0 Å². The lowest BCUT2D eigenvalue weighted by molar-refractivity contribution is -0.139. The van der Waals surface area contributed by atoms with E-state index in [2.05, 4.69) is 24.1 Å². The fourth-order valence-electron chi connectivity index (χ4n) is 5.45. The van der Waals surface area contributed by atoms with E-state index in [0.29, 0.717) is 11.1 Å². The Bertz CT molecular complexity index is 2160. The van der Waals surface area contributed by atoms with Crippen molar-refractivity contribution in [2.45, 2.75) is 13.8 Å². The summed E-state index contributed by atoms with van der Waals surface area (Å²) in [5.74, 6) is -2.36. The molecular formula is C46H41NO8. The van der Waals surface area contributed by atoms with Gasteiger partial charge in [0.1, 0.15) is 13.2 Å². The molecule has 0 heterocycles. The van der Waals surface area contributed by atoms with Crippen LogP contribution in [0.1, 0.15) is 51.3 Å². The zero-order valence-corrected chi connectivity index (χ0v) is 30.7. The SMILES string of the molecule is C=C(COC(=O)c1ccc(/C(=C/c2ccc(N(c3ccccc3)c3ccc(C(=O)OCC(=C)C(=O)OCC)cc3)cc2)c2ccccc2)cc1)C(=O)OCC. The normalized spacial score (nSPS) is 10.8. The van der Waals surface area contributed by atoms with Crippen LogP contribution in [0.3, 0.4) is 0 Å². The molecule has 0 aliphatic rings. The third-order valence-corrected chi connectivity index (χ3v) is 8.24. The predicted octanol–water partition coefficient (Wildman–Crippen LogP) is 9.30. The molecule has 0 saturated carbocycles. The van der Waals surface area contributed by atoms with Crippen LogP contribution < -0.4 is 4.90 Å². The second-order valence-corrected chi connectivity index (χ2v) is 12.1. The number of carbonyl (C=O) groups excluding carboxylic acids is 4. The Labute approximate surface area is 320 Å². The summed E-state index contributed by atoms with van der Waals surface area (Å²) < 4.78 is 20.4. The first kappa shape index (κ1) is 39.2. The molecule has 0 saturated heterocycles. The minimum atomic E-state index is -0.603. The average Bonchev–Trinajstić information content (AvgIpc) is 3.22. The van der Waals surface area contributed by atoms with Crippen molar-refractivity contribution in [2.75, 3.05) is 31.3 Å². The van der Waals surface area contributed by atoms with E-state index in [1.807, 2.05) is 109 Å². The zero-order chi connectivity index (χ0) is 39.2. The number of nitrogens with zero attached hydrogens (tertiary/aromatic N) is 1. The number of esters is 4. The van der Waals surface area contributed by atoms with E-state index in [9.17, 15) is 19.2 Å². The lowest BCUT2D eigenvalue weighted by Crippen LogP contribution is -2.15. The molecule has 0 fully saturated rings. The summed E-state index contributed by atoms with van der Waals surface area (Å²) in [5.41, 5.74) is 7.16. The number of hydrogen-bond donors (Lipinski definition) is 0. The van der Waals surface area contributed by atoms with Crippen molar-refractivity contribution < 1.29 is 38.1 Å². The van der Waals surface area contributed by atoms with Gasteiger partial charge in [0.15, 0.2) is 0 Å². The van der Waals surface area contributed by atoms with Crippen LogP contribution in [0.15, 0.2) is 158 Å². The lowest BCUT2D eigenvalue weighted by atomic mass is 9.95. The maximum Gasteiger partial charge on any atom is 0.338 e. The highest BCUT2D eigenvalue weighted by atomic mass is 16.6. The Morgan fingerprint density at radius 1 is 0.491 bits per heavy atom. The molecule has 5 aromatic carbocycles. The molecule has 0 N–H and O–H groups in total. The maximum absolute atomic E-state index is 12.7. The first-order valence-corrected chi connectivity index (χ1v) is 17.6. The molecule has 0 aliphatic carbocycles. The molecule has 55 heavy (non-hydrogen) atoms. The molecule has 0 radical (unpaired) electrons. The molecule has 0 aliphatic heterocycles. The highest BCUT2D eigenvalue weighted by Gasteiger charge is 2.17. The number of carbonyl (C=O) groups is 4. The monoisotopic (exact) mass is 735 g/mol. The van der Waals surface area contributed by atoms with Crippen LogP contribution in [0, 0.1) is 0 Å². The van der Waals surface area contributed by atoms with Crippen LogP contribution in [0.5, 0.6) is 0 Å². The summed E-state index contributed by atoms with van der Waals surface area (Å²) in [6, 6.07) is 42.0. The van der Waals surface area contributed by atoms with Gasteiger partial charge in [-0.3, -0.25) is 0 Å². The molecule has 5 rings (SSSR count). The fraction of sp³-hybridized carbons (Fsp3) is 0.130. The number of ether oxygens (including phenoxy) is 4. The van der Waals surface area contributed by atoms with Gasteiger partial charge in [-0.15, -0.1) is 0 Å². The largest absolute Gasteiger partial charge is 0.463 e. The minimum absolute atomic E-state index is 0.0590. The Balaban J connectivity index is 1.37. The third-order valence-electron chi connectivity index (χ3n) is 8.24. The van der Waals surface area contributed by atoms with Gasteiger partial charge in [-0.05, 0) is 103 Å². The molecule has 5 aromatic rings. The molecule has 0 spiro atoms. The van der Waals surface area contributed by atoms with Gasteiger partial charge >= 0.3 is 23.9 Å². The summed E-state index contributed by atoms with van der Waals surface area (Å²) in [7, 11) is 0. The Kier molecular flexibility index (Phi) is 13.7. The van der Waals surface area contributed by atoms with Crippen molar-refractivity contribution in [3.63, 3.8) is 0 Å². The summed E-state index contributed by atoms with van der Waals surface area (Å²) in [6.45, 7) is 10.5. The molecule has 0 amide bonds. The maximum atomic E-state index is 12.7. The molecule has 0 aromatic heterocycles. The quantitative estimate of drug-likeness (QED) is 0.0424. The lowest BCUT2D eigenvalue weighted by Gasteiger charge is -2.25. The van der Waals surface area contributed by atoms with Gasteiger partial charge in [-0.1, -0.05) is 86.0 Å².